The van der Waals surface area contributed by atoms with E-state index in [1.165, 1.54) is 0 Å². The molecule has 4 rings (SSSR count). The molecule has 39 heavy (non-hydrogen) atoms. The van der Waals surface area contributed by atoms with Crippen LogP contribution in [-0.4, -0.2) is 67.4 Å². The van der Waals surface area contributed by atoms with Crippen LogP contribution in [-0.2, 0) is 33.2 Å². The van der Waals surface area contributed by atoms with Gasteiger partial charge < -0.3 is 29.9 Å². The molecular formula is C29H31ClO8S. The zero-order chi connectivity index (χ0) is 28.1. The maximum absolute atomic E-state index is 13.0. The standard InChI is InChI=1S/C29H31ClO8S/c1-2-37-21-8-3-17(4-9-21)13-20-15-19(7-12-23(20)30)29-28(35)27(34)26(33)24(38-29)16-39(36)22-10-5-18(6-11-22)14-25(31)32/h3-12,15,24,26-29,33-35H,2,13-14,16H2,1H3,(H,31,32)/t24-,26-,27+,28-,29+,39?/m1/s1. The minimum Gasteiger partial charge on any atom is -0.494 e. The van der Waals surface area contributed by atoms with E-state index in [1.807, 2.05) is 31.2 Å². The lowest BCUT2D eigenvalue weighted by Gasteiger charge is -2.41. The van der Waals surface area contributed by atoms with Crippen LogP contribution >= 0.6 is 11.6 Å². The van der Waals surface area contributed by atoms with Crippen molar-refractivity contribution in [3.8, 4) is 5.75 Å². The van der Waals surface area contributed by atoms with Gasteiger partial charge in [-0.25, -0.2) is 0 Å². The Hall–Kier alpha value is -2.79. The van der Waals surface area contributed by atoms with E-state index >= 15 is 0 Å². The first-order chi connectivity index (χ1) is 18.7. The monoisotopic (exact) mass is 574 g/mol. The van der Waals surface area contributed by atoms with Crippen molar-refractivity contribution in [2.24, 2.45) is 0 Å². The molecule has 0 saturated carbocycles. The highest BCUT2D eigenvalue weighted by atomic mass is 35.5. The van der Waals surface area contributed by atoms with E-state index in [9.17, 15) is 24.3 Å². The van der Waals surface area contributed by atoms with Gasteiger partial charge in [0.15, 0.2) is 0 Å². The molecule has 0 aromatic heterocycles. The van der Waals surface area contributed by atoms with Gasteiger partial charge in [-0.3, -0.25) is 9.00 Å². The molecule has 1 unspecified atom stereocenters. The predicted molar refractivity (Wildman–Crippen MR) is 147 cm³/mol. The van der Waals surface area contributed by atoms with Crippen LogP contribution in [0.3, 0.4) is 0 Å². The molecule has 1 heterocycles. The van der Waals surface area contributed by atoms with Gasteiger partial charge in [0.1, 0.15) is 30.2 Å². The predicted octanol–water partition coefficient (Wildman–Crippen LogP) is 3.29. The third-order valence-corrected chi connectivity index (χ3v) is 8.39. The average molecular weight is 575 g/mol. The quantitative estimate of drug-likeness (QED) is 0.290. The van der Waals surface area contributed by atoms with E-state index in [2.05, 4.69) is 0 Å². The Morgan fingerprint density at radius 1 is 0.949 bits per heavy atom. The number of aliphatic carboxylic acids is 1. The van der Waals surface area contributed by atoms with Gasteiger partial charge in [0.05, 0.1) is 35.7 Å². The van der Waals surface area contributed by atoms with E-state index in [0.717, 1.165) is 16.9 Å². The first-order valence-electron chi connectivity index (χ1n) is 12.5. The van der Waals surface area contributed by atoms with Crippen molar-refractivity contribution in [1.29, 1.82) is 0 Å². The summed E-state index contributed by atoms with van der Waals surface area (Å²) in [5.74, 6) is -0.329. The van der Waals surface area contributed by atoms with Crippen molar-refractivity contribution in [2.75, 3.05) is 12.4 Å². The van der Waals surface area contributed by atoms with Gasteiger partial charge in [0, 0.05) is 9.92 Å². The Balaban J connectivity index is 1.50. The molecule has 0 amide bonds. The van der Waals surface area contributed by atoms with Crippen molar-refractivity contribution in [3.05, 3.63) is 94.0 Å². The summed E-state index contributed by atoms with van der Waals surface area (Å²) in [4.78, 5) is 11.3. The molecule has 1 aliphatic heterocycles. The lowest BCUT2D eigenvalue weighted by atomic mass is 9.90. The number of benzene rings is 3. The topological polar surface area (TPSA) is 134 Å². The summed E-state index contributed by atoms with van der Waals surface area (Å²) in [6.45, 7) is 2.49. The molecule has 4 N–H and O–H groups in total. The van der Waals surface area contributed by atoms with Gasteiger partial charge in [-0.1, -0.05) is 48.0 Å². The Morgan fingerprint density at radius 2 is 1.62 bits per heavy atom. The third kappa shape index (κ3) is 7.25. The molecule has 10 heteroatoms. The maximum atomic E-state index is 13.0. The highest BCUT2D eigenvalue weighted by molar-refractivity contribution is 7.85. The molecule has 1 aliphatic rings. The Labute approximate surface area is 234 Å². The second kappa shape index (κ2) is 13.0. The molecule has 0 spiro atoms. The van der Waals surface area contributed by atoms with Gasteiger partial charge in [0.25, 0.3) is 0 Å². The fourth-order valence-corrected chi connectivity index (χ4v) is 5.93. The first kappa shape index (κ1) is 29.2. The van der Waals surface area contributed by atoms with E-state index in [0.29, 0.717) is 34.1 Å². The normalized spacial score (nSPS) is 23.8. The Kier molecular flexibility index (Phi) is 9.76. The van der Waals surface area contributed by atoms with Crippen LogP contribution < -0.4 is 4.74 Å². The molecule has 3 aromatic rings. The molecule has 1 saturated heterocycles. The van der Waals surface area contributed by atoms with Crippen molar-refractivity contribution in [1.82, 2.24) is 0 Å². The van der Waals surface area contributed by atoms with E-state index in [4.69, 9.17) is 26.2 Å². The number of rotatable bonds is 10. The molecule has 6 atom stereocenters. The highest BCUT2D eigenvalue weighted by Crippen LogP contribution is 2.35. The second-order valence-corrected chi connectivity index (χ2v) is 11.3. The van der Waals surface area contributed by atoms with Gasteiger partial charge in [-0.15, -0.1) is 0 Å². The summed E-state index contributed by atoms with van der Waals surface area (Å²) >= 11 is 6.47. The third-order valence-electron chi connectivity index (χ3n) is 6.60. The van der Waals surface area contributed by atoms with Crippen molar-refractivity contribution in [2.45, 2.75) is 55.2 Å². The number of aliphatic hydroxyl groups is 3. The van der Waals surface area contributed by atoms with Crippen LogP contribution in [0, 0.1) is 0 Å². The molecule has 0 aliphatic carbocycles. The maximum Gasteiger partial charge on any atom is 0.307 e. The summed E-state index contributed by atoms with van der Waals surface area (Å²) in [5.41, 5.74) is 2.92. The van der Waals surface area contributed by atoms with Crippen molar-refractivity contribution < 1.29 is 38.9 Å². The fraction of sp³-hybridized carbons (Fsp3) is 0.345. The number of carboxylic acids is 1. The number of halogens is 1. The minimum absolute atomic E-state index is 0.133. The van der Waals surface area contributed by atoms with E-state index < -0.39 is 47.3 Å². The lowest BCUT2D eigenvalue weighted by Crippen LogP contribution is -2.55. The zero-order valence-electron chi connectivity index (χ0n) is 21.3. The van der Waals surface area contributed by atoms with Gasteiger partial charge in [-0.2, -0.15) is 0 Å². The van der Waals surface area contributed by atoms with Gasteiger partial charge in [0.2, 0.25) is 0 Å². The summed E-state index contributed by atoms with van der Waals surface area (Å²) in [6.07, 6.45) is -6.04. The second-order valence-electron chi connectivity index (χ2n) is 9.40. The number of carbonyl (C=O) groups is 1. The summed E-state index contributed by atoms with van der Waals surface area (Å²) in [6, 6.07) is 19.1. The van der Waals surface area contributed by atoms with Crippen molar-refractivity contribution >= 4 is 28.4 Å². The van der Waals surface area contributed by atoms with E-state index in [-0.39, 0.29) is 12.2 Å². The van der Waals surface area contributed by atoms with Crippen molar-refractivity contribution in [3.63, 3.8) is 0 Å². The largest absolute Gasteiger partial charge is 0.494 e. The molecule has 3 aromatic carbocycles. The number of hydrogen-bond acceptors (Lipinski definition) is 7. The Morgan fingerprint density at radius 3 is 2.26 bits per heavy atom. The molecule has 1 fully saturated rings. The van der Waals surface area contributed by atoms with Crippen LogP contribution in [0.2, 0.25) is 5.02 Å². The summed E-state index contributed by atoms with van der Waals surface area (Å²) in [7, 11) is -1.61. The summed E-state index contributed by atoms with van der Waals surface area (Å²) < 4.78 is 24.5. The minimum atomic E-state index is -1.61. The average Bonchev–Trinajstić information content (AvgIpc) is 2.91. The molecule has 0 radical (unpaired) electrons. The SMILES string of the molecule is CCOc1ccc(Cc2cc([C@@H]3O[C@H](CS(=O)c4ccc(CC(=O)O)cc4)[C@@H](O)[C@H](O)[C@H]3O)ccc2Cl)cc1. The van der Waals surface area contributed by atoms with Gasteiger partial charge in [-0.05, 0) is 65.9 Å². The smallest absolute Gasteiger partial charge is 0.307 e. The zero-order valence-corrected chi connectivity index (χ0v) is 22.8. The van der Waals surface area contributed by atoms with E-state index in [1.54, 1.807) is 42.5 Å². The molecule has 8 nitrogen and oxygen atoms in total. The Bertz CT molecular complexity index is 1300. The number of hydrogen-bond donors (Lipinski definition) is 4. The molecular weight excluding hydrogens is 544 g/mol. The van der Waals surface area contributed by atoms with Crippen LogP contribution in [0.5, 0.6) is 5.75 Å². The number of ether oxygens (including phenoxy) is 2. The first-order valence-corrected chi connectivity index (χ1v) is 14.2. The highest BCUT2D eigenvalue weighted by Gasteiger charge is 2.44. The lowest BCUT2D eigenvalue weighted by molar-refractivity contribution is -0.218. The van der Waals surface area contributed by atoms with Crippen LogP contribution in [0.25, 0.3) is 0 Å². The molecule has 0 bridgehead atoms. The van der Waals surface area contributed by atoms with Crippen LogP contribution in [0.15, 0.2) is 71.6 Å². The van der Waals surface area contributed by atoms with Gasteiger partial charge >= 0.3 is 5.97 Å². The number of carboxylic acid groups (broad SMARTS) is 1. The summed E-state index contributed by atoms with van der Waals surface area (Å²) in [5, 5.41) is 41.4. The number of aliphatic hydroxyl groups excluding tert-OH is 3. The fourth-order valence-electron chi connectivity index (χ4n) is 4.54. The van der Waals surface area contributed by atoms with Crippen LogP contribution in [0.4, 0.5) is 0 Å². The van der Waals surface area contributed by atoms with Crippen LogP contribution in [0.1, 0.15) is 35.3 Å². The molecule has 208 valence electrons.